The molecule has 2 aromatic carbocycles. The maximum Gasteiger partial charge on any atom is 0.169 e. The molecule has 3 heteroatoms. The summed E-state index contributed by atoms with van der Waals surface area (Å²) in [5.41, 5.74) is 3.95. The molecule has 1 aliphatic carbocycles. The SMILES string of the molecule is COc1[c]c(-c2ccc3c(c2)CCC3=O)ccc1OC. The van der Waals surface area contributed by atoms with Gasteiger partial charge in [0.1, 0.15) is 0 Å². The van der Waals surface area contributed by atoms with Crippen molar-refractivity contribution in [3.63, 3.8) is 0 Å². The van der Waals surface area contributed by atoms with Crippen molar-refractivity contribution >= 4 is 5.78 Å². The Morgan fingerprint density at radius 1 is 1.05 bits per heavy atom. The summed E-state index contributed by atoms with van der Waals surface area (Å²) in [6.07, 6.45) is 1.45. The van der Waals surface area contributed by atoms with E-state index in [1.165, 1.54) is 0 Å². The number of rotatable bonds is 3. The van der Waals surface area contributed by atoms with Crippen LogP contribution in [0.25, 0.3) is 11.1 Å². The molecule has 0 unspecified atom stereocenters. The molecule has 0 saturated carbocycles. The zero-order valence-corrected chi connectivity index (χ0v) is 11.5. The number of carbonyl (C=O) groups is 1. The summed E-state index contributed by atoms with van der Waals surface area (Å²) in [7, 11) is 3.20. The van der Waals surface area contributed by atoms with Crippen LogP contribution in [-0.4, -0.2) is 20.0 Å². The number of carbonyl (C=O) groups excluding carboxylic acids is 1. The van der Waals surface area contributed by atoms with E-state index in [9.17, 15) is 4.79 Å². The minimum atomic E-state index is 0.239. The molecule has 101 valence electrons. The zero-order valence-electron chi connectivity index (χ0n) is 11.5. The highest BCUT2D eigenvalue weighted by molar-refractivity contribution is 6.00. The first-order valence-electron chi connectivity index (χ1n) is 6.53. The molecule has 0 fully saturated rings. The van der Waals surface area contributed by atoms with Crippen LogP contribution < -0.4 is 9.47 Å². The summed E-state index contributed by atoms with van der Waals surface area (Å²) < 4.78 is 10.5. The lowest BCUT2D eigenvalue weighted by Gasteiger charge is -2.10. The van der Waals surface area contributed by atoms with E-state index in [4.69, 9.17) is 9.47 Å². The highest BCUT2D eigenvalue weighted by atomic mass is 16.5. The first-order chi connectivity index (χ1) is 9.72. The van der Waals surface area contributed by atoms with Gasteiger partial charge in [-0.15, -0.1) is 0 Å². The molecule has 0 bridgehead atoms. The van der Waals surface area contributed by atoms with Gasteiger partial charge in [-0.1, -0.05) is 18.2 Å². The number of benzene rings is 2. The lowest BCUT2D eigenvalue weighted by atomic mass is 10.00. The van der Waals surface area contributed by atoms with Crippen LogP contribution in [0.3, 0.4) is 0 Å². The van der Waals surface area contributed by atoms with Crippen molar-refractivity contribution in [2.75, 3.05) is 14.2 Å². The molecule has 0 aromatic heterocycles. The molecule has 0 spiro atoms. The summed E-state index contributed by atoms with van der Waals surface area (Å²) in [6.45, 7) is 0. The Labute approximate surface area is 118 Å². The molecule has 0 atom stereocenters. The highest BCUT2D eigenvalue weighted by Gasteiger charge is 2.19. The van der Waals surface area contributed by atoms with Gasteiger partial charge in [0.2, 0.25) is 0 Å². The molecular weight excluding hydrogens is 252 g/mol. The van der Waals surface area contributed by atoms with Crippen LogP contribution in [0.15, 0.2) is 30.3 Å². The fourth-order valence-corrected chi connectivity index (χ4v) is 2.56. The van der Waals surface area contributed by atoms with Gasteiger partial charge >= 0.3 is 0 Å². The number of hydrogen-bond acceptors (Lipinski definition) is 3. The Morgan fingerprint density at radius 3 is 2.65 bits per heavy atom. The molecule has 0 amide bonds. The lowest BCUT2D eigenvalue weighted by molar-refractivity contribution is 0.0994. The van der Waals surface area contributed by atoms with E-state index in [1.54, 1.807) is 14.2 Å². The van der Waals surface area contributed by atoms with Crippen molar-refractivity contribution in [1.82, 2.24) is 0 Å². The van der Waals surface area contributed by atoms with E-state index >= 15 is 0 Å². The van der Waals surface area contributed by atoms with Crippen LogP contribution in [0.4, 0.5) is 0 Å². The van der Waals surface area contributed by atoms with E-state index in [2.05, 4.69) is 12.1 Å². The van der Waals surface area contributed by atoms with E-state index in [0.717, 1.165) is 28.7 Å². The second-order valence-corrected chi connectivity index (χ2v) is 4.77. The molecule has 0 saturated heterocycles. The van der Waals surface area contributed by atoms with Crippen molar-refractivity contribution in [3.8, 4) is 22.6 Å². The monoisotopic (exact) mass is 267 g/mol. The molecular formula is C17H15O3. The molecule has 0 aliphatic heterocycles. The Bertz CT molecular complexity index is 674. The third kappa shape index (κ3) is 2.05. The number of fused-ring (bicyclic) bond motifs is 1. The number of ketones is 1. The van der Waals surface area contributed by atoms with Crippen molar-refractivity contribution in [2.45, 2.75) is 12.8 Å². The van der Waals surface area contributed by atoms with Gasteiger partial charge < -0.3 is 9.47 Å². The lowest BCUT2D eigenvalue weighted by Crippen LogP contribution is -1.93. The van der Waals surface area contributed by atoms with Crippen LogP contribution in [-0.2, 0) is 6.42 Å². The standard InChI is InChI=1S/C17H15O3/c1-19-16-8-5-12(10-17(16)20-2)11-3-6-14-13(9-11)4-7-15(14)18/h3,5-6,8-9H,4,7H2,1-2H3. The molecule has 0 N–H and O–H groups in total. The van der Waals surface area contributed by atoms with Gasteiger partial charge in [0.05, 0.1) is 14.2 Å². The normalized spacial score (nSPS) is 13.2. The van der Waals surface area contributed by atoms with E-state index < -0.39 is 0 Å². The van der Waals surface area contributed by atoms with E-state index in [0.29, 0.717) is 17.9 Å². The van der Waals surface area contributed by atoms with Crippen LogP contribution >= 0.6 is 0 Å². The molecule has 3 nitrogen and oxygen atoms in total. The summed E-state index contributed by atoms with van der Waals surface area (Å²) >= 11 is 0. The van der Waals surface area contributed by atoms with Crippen LogP contribution in [0, 0.1) is 6.07 Å². The largest absolute Gasteiger partial charge is 0.493 e. The first kappa shape index (κ1) is 12.7. The number of Topliss-reactive ketones (excluding diaryl/α,β-unsaturated/α-hetero) is 1. The molecule has 0 heterocycles. The Balaban J connectivity index is 2.03. The van der Waals surface area contributed by atoms with E-state index in [-0.39, 0.29) is 5.78 Å². The molecule has 2 aromatic rings. The number of ether oxygens (including phenoxy) is 2. The van der Waals surface area contributed by atoms with Gasteiger partial charge in [0, 0.05) is 18.1 Å². The van der Waals surface area contributed by atoms with Gasteiger partial charge in [-0.25, -0.2) is 0 Å². The minimum absolute atomic E-state index is 0.239. The van der Waals surface area contributed by atoms with Gasteiger partial charge in [-0.3, -0.25) is 4.79 Å². The molecule has 20 heavy (non-hydrogen) atoms. The van der Waals surface area contributed by atoms with Crippen molar-refractivity contribution < 1.29 is 14.3 Å². The van der Waals surface area contributed by atoms with Crippen molar-refractivity contribution in [3.05, 3.63) is 47.5 Å². The van der Waals surface area contributed by atoms with Crippen LogP contribution in [0.1, 0.15) is 22.3 Å². The Hall–Kier alpha value is -2.29. The Kier molecular flexibility index (Phi) is 3.18. The molecule has 1 radical (unpaired) electrons. The summed E-state index contributed by atoms with van der Waals surface area (Å²) in [4.78, 5) is 11.7. The van der Waals surface area contributed by atoms with Gasteiger partial charge in [-0.05, 0) is 35.2 Å². The fraction of sp³-hybridized carbons (Fsp3) is 0.235. The Morgan fingerprint density at radius 2 is 1.90 bits per heavy atom. The summed E-state index contributed by atoms with van der Waals surface area (Å²) in [5, 5.41) is 0. The van der Waals surface area contributed by atoms with Gasteiger partial charge in [-0.2, -0.15) is 0 Å². The minimum Gasteiger partial charge on any atom is -0.493 e. The predicted octanol–water partition coefficient (Wildman–Crippen LogP) is 3.30. The fourth-order valence-electron chi connectivity index (χ4n) is 2.56. The smallest absolute Gasteiger partial charge is 0.169 e. The van der Waals surface area contributed by atoms with Gasteiger partial charge in [0.15, 0.2) is 17.3 Å². The predicted molar refractivity (Wildman–Crippen MR) is 76.5 cm³/mol. The van der Waals surface area contributed by atoms with Gasteiger partial charge in [0.25, 0.3) is 0 Å². The number of hydrogen-bond donors (Lipinski definition) is 0. The maximum atomic E-state index is 11.7. The third-order valence-corrected chi connectivity index (χ3v) is 3.64. The first-order valence-corrected chi connectivity index (χ1v) is 6.53. The average molecular weight is 267 g/mol. The summed E-state index contributed by atoms with van der Waals surface area (Å²) in [6, 6.07) is 12.9. The van der Waals surface area contributed by atoms with E-state index in [1.807, 2.05) is 24.3 Å². The zero-order chi connectivity index (χ0) is 14.1. The topological polar surface area (TPSA) is 35.5 Å². The second kappa shape index (κ2) is 5.00. The highest BCUT2D eigenvalue weighted by Crippen LogP contribution is 2.33. The number of methoxy groups -OCH3 is 2. The quantitative estimate of drug-likeness (QED) is 0.856. The van der Waals surface area contributed by atoms with Crippen LogP contribution in [0.5, 0.6) is 11.5 Å². The maximum absolute atomic E-state index is 11.7. The summed E-state index contributed by atoms with van der Waals surface area (Å²) in [5.74, 6) is 1.48. The molecule has 3 rings (SSSR count). The second-order valence-electron chi connectivity index (χ2n) is 4.77. The van der Waals surface area contributed by atoms with Crippen LogP contribution in [0.2, 0.25) is 0 Å². The molecule has 1 aliphatic rings. The third-order valence-electron chi connectivity index (χ3n) is 3.64. The number of aryl methyl sites for hydroxylation is 1. The van der Waals surface area contributed by atoms with Crippen molar-refractivity contribution in [2.24, 2.45) is 0 Å². The van der Waals surface area contributed by atoms with Crippen molar-refractivity contribution in [1.29, 1.82) is 0 Å². The average Bonchev–Trinajstić information content (AvgIpc) is 2.87.